The summed E-state index contributed by atoms with van der Waals surface area (Å²) >= 11 is 6.18. The normalized spacial score (nSPS) is 10.6. The van der Waals surface area contributed by atoms with Gasteiger partial charge in [0.1, 0.15) is 0 Å². The van der Waals surface area contributed by atoms with Gasteiger partial charge in [0.05, 0.1) is 5.38 Å². The molecular formula is C11H17NO2S2. The Labute approximate surface area is 105 Å². The Hall–Kier alpha value is -0.680. The van der Waals surface area contributed by atoms with Crippen LogP contribution in [-0.4, -0.2) is 15.6 Å². The average Bonchev–Trinajstić information content (AvgIpc) is 2.58. The van der Waals surface area contributed by atoms with E-state index in [1.165, 1.54) is 40.5 Å². The van der Waals surface area contributed by atoms with Crippen LogP contribution in [0.2, 0.25) is 0 Å². The maximum absolute atomic E-state index is 11.7. The largest absolute Gasteiger partial charge is 0.494 e. The van der Waals surface area contributed by atoms with Crippen LogP contribution < -0.4 is 0 Å². The SMILES string of the molecule is CCCCCCCC(=O)n1c(O)csc1=S. The molecule has 0 saturated carbocycles. The molecule has 90 valence electrons. The Morgan fingerprint density at radius 1 is 1.44 bits per heavy atom. The second-order valence-corrected chi connectivity index (χ2v) is 5.26. The molecule has 1 aromatic rings. The molecule has 0 aliphatic heterocycles. The Balaban J connectivity index is 2.39. The van der Waals surface area contributed by atoms with Gasteiger partial charge in [-0.25, -0.2) is 4.57 Å². The van der Waals surface area contributed by atoms with Gasteiger partial charge in [-0.15, -0.1) is 11.3 Å². The number of aromatic hydroxyl groups is 1. The van der Waals surface area contributed by atoms with E-state index < -0.39 is 0 Å². The van der Waals surface area contributed by atoms with Crippen LogP contribution in [0, 0.1) is 3.95 Å². The predicted octanol–water partition coefficient (Wildman–Crippen LogP) is 3.99. The zero-order valence-corrected chi connectivity index (χ0v) is 11.1. The lowest BCUT2D eigenvalue weighted by Gasteiger charge is -2.02. The van der Waals surface area contributed by atoms with Gasteiger partial charge in [-0.3, -0.25) is 4.79 Å². The molecule has 0 saturated heterocycles. The zero-order chi connectivity index (χ0) is 12.0. The van der Waals surface area contributed by atoms with Gasteiger partial charge >= 0.3 is 0 Å². The molecule has 1 aromatic heterocycles. The first kappa shape index (κ1) is 13.4. The highest BCUT2D eigenvalue weighted by Gasteiger charge is 2.10. The van der Waals surface area contributed by atoms with Crippen LogP contribution in [0.4, 0.5) is 0 Å². The van der Waals surface area contributed by atoms with Gasteiger partial charge in [-0.2, -0.15) is 0 Å². The second kappa shape index (κ2) is 6.81. The summed E-state index contributed by atoms with van der Waals surface area (Å²) in [5, 5.41) is 10.9. The molecule has 0 radical (unpaired) electrons. The van der Waals surface area contributed by atoms with E-state index in [9.17, 15) is 9.90 Å². The minimum absolute atomic E-state index is 0.0337. The maximum Gasteiger partial charge on any atom is 0.235 e. The van der Waals surface area contributed by atoms with Gasteiger partial charge in [-0.1, -0.05) is 32.6 Å². The van der Waals surface area contributed by atoms with Crippen molar-refractivity contribution in [2.45, 2.75) is 45.4 Å². The number of aromatic nitrogens is 1. The minimum atomic E-state index is -0.0970. The molecule has 0 spiro atoms. The highest BCUT2D eigenvalue weighted by molar-refractivity contribution is 7.73. The summed E-state index contributed by atoms with van der Waals surface area (Å²) < 4.78 is 1.65. The van der Waals surface area contributed by atoms with Crippen molar-refractivity contribution in [3.05, 3.63) is 9.33 Å². The van der Waals surface area contributed by atoms with E-state index in [4.69, 9.17) is 12.2 Å². The molecule has 0 aromatic carbocycles. The number of hydrogen-bond donors (Lipinski definition) is 1. The summed E-state index contributed by atoms with van der Waals surface area (Å²) in [5.41, 5.74) is 0. The molecule has 1 heterocycles. The summed E-state index contributed by atoms with van der Waals surface area (Å²) in [6, 6.07) is 0. The lowest BCUT2D eigenvalue weighted by molar-refractivity contribution is 0.0889. The average molecular weight is 259 g/mol. The molecule has 0 amide bonds. The second-order valence-electron chi connectivity index (χ2n) is 3.75. The van der Waals surface area contributed by atoms with Gasteiger partial charge < -0.3 is 5.11 Å². The number of carbonyl (C=O) groups is 1. The Kier molecular flexibility index (Phi) is 5.69. The van der Waals surface area contributed by atoms with E-state index >= 15 is 0 Å². The maximum atomic E-state index is 11.7. The van der Waals surface area contributed by atoms with E-state index in [1.54, 1.807) is 0 Å². The van der Waals surface area contributed by atoms with Gasteiger partial charge in [0.15, 0.2) is 3.95 Å². The fourth-order valence-electron chi connectivity index (χ4n) is 1.52. The van der Waals surface area contributed by atoms with E-state index in [0.29, 0.717) is 10.4 Å². The van der Waals surface area contributed by atoms with Crippen LogP contribution in [0.3, 0.4) is 0 Å². The molecular weight excluding hydrogens is 242 g/mol. The third-order valence-corrected chi connectivity index (χ3v) is 3.60. The topological polar surface area (TPSA) is 42.2 Å². The first-order valence-electron chi connectivity index (χ1n) is 5.59. The number of carbonyl (C=O) groups excluding carboxylic acids is 1. The lowest BCUT2D eigenvalue weighted by atomic mass is 10.1. The molecule has 0 unspecified atom stereocenters. The smallest absolute Gasteiger partial charge is 0.235 e. The van der Waals surface area contributed by atoms with Gasteiger partial charge in [0.2, 0.25) is 11.8 Å². The summed E-state index contributed by atoms with van der Waals surface area (Å²) in [7, 11) is 0. The van der Waals surface area contributed by atoms with E-state index in [1.807, 2.05) is 0 Å². The van der Waals surface area contributed by atoms with E-state index in [-0.39, 0.29) is 11.8 Å². The number of thiazole rings is 1. The molecule has 0 aliphatic carbocycles. The molecule has 1 N–H and O–H groups in total. The van der Waals surface area contributed by atoms with E-state index in [2.05, 4.69) is 6.92 Å². The Morgan fingerprint density at radius 2 is 2.12 bits per heavy atom. The van der Waals surface area contributed by atoms with Crippen molar-refractivity contribution in [1.82, 2.24) is 4.57 Å². The van der Waals surface area contributed by atoms with Crippen LogP contribution in [-0.2, 0) is 0 Å². The fraction of sp³-hybridized carbons (Fsp3) is 0.636. The minimum Gasteiger partial charge on any atom is -0.494 e. The monoisotopic (exact) mass is 259 g/mol. The molecule has 16 heavy (non-hydrogen) atoms. The quantitative estimate of drug-likeness (QED) is 0.620. The molecule has 1 rings (SSSR count). The summed E-state index contributed by atoms with van der Waals surface area (Å²) in [6.07, 6.45) is 5.99. The molecule has 5 heteroatoms. The van der Waals surface area contributed by atoms with Crippen molar-refractivity contribution < 1.29 is 9.90 Å². The van der Waals surface area contributed by atoms with Crippen molar-refractivity contribution in [3.63, 3.8) is 0 Å². The highest BCUT2D eigenvalue weighted by atomic mass is 32.1. The number of unbranched alkanes of at least 4 members (excludes halogenated alkanes) is 4. The molecule has 3 nitrogen and oxygen atoms in total. The first-order valence-corrected chi connectivity index (χ1v) is 6.88. The third kappa shape index (κ3) is 3.72. The summed E-state index contributed by atoms with van der Waals surface area (Å²) in [5.74, 6) is -0.131. The molecule has 0 fully saturated rings. The van der Waals surface area contributed by atoms with Gasteiger partial charge in [0.25, 0.3) is 0 Å². The van der Waals surface area contributed by atoms with Crippen molar-refractivity contribution >= 4 is 29.5 Å². The molecule has 0 aliphatic rings. The van der Waals surface area contributed by atoms with Crippen molar-refractivity contribution in [1.29, 1.82) is 0 Å². The van der Waals surface area contributed by atoms with Crippen molar-refractivity contribution in [2.75, 3.05) is 0 Å². The van der Waals surface area contributed by atoms with Gasteiger partial charge in [0, 0.05) is 6.42 Å². The predicted molar refractivity (Wildman–Crippen MR) is 68.8 cm³/mol. The Morgan fingerprint density at radius 3 is 2.69 bits per heavy atom. The first-order chi connectivity index (χ1) is 7.66. The number of rotatable bonds is 6. The summed E-state index contributed by atoms with van der Waals surface area (Å²) in [6.45, 7) is 2.16. The van der Waals surface area contributed by atoms with Gasteiger partial charge in [-0.05, 0) is 18.6 Å². The van der Waals surface area contributed by atoms with Crippen LogP contribution in [0.5, 0.6) is 5.88 Å². The Bertz CT molecular complexity index is 395. The summed E-state index contributed by atoms with van der Waals surface area (Å²) in [4.78, 5) is 11.7. The molecule has 0 bridgehead atoms. The number of hydrogen-bond acceptors (Lipinski definition) is 4. The van der Waals surface area contributed by atoms with Crippen molar-refractivity contribution in [3.8, 4) is 5.88 Å². The molecule has 0 atom stereocenters. The fourth-order valence-corrected chi connectivity index (χ4v) is 2.48. The van der Waals surface area contributed by atoms with Crippen LogP contribution in [0.1, 0.15) is 50.2 Å². The van der Waals surface area contributed by atoms with Crippen LogP contribution in [0.15, 0.2) is 5.38 Å². The third-order valence-electron chi connectivity index (χ3n) is 2.42. The zero-order valence-electron chi connectivity index (χ0n) is 9.44. The van der Waals surface area contributed by atoms with Crippen molar-refractivity contribution in [2.24, 2.45) is 0 Å². The highest BCUT2D eigenvalue weighted by Crippen LogP contribution is 2.18. The van der Waals surface area contributed by atoms with Crippen LogP contribution >= 0.6 is 23.6 Å². The van der Waals surface area contributed by atoms with Crippen LogP contribution in [0.25, 0.3) is 0 Å². The standard InChI is InChI=1S/C11H17NO2S2/c1-2-3-4-5-6-7-9(13)12-10(14)8-16-11(12)15/h8,14H,2-7H2,1H3. The lowest BCUT2D eigenvalue weighted by Crippen LogP contribution is -2.09. The van der Waals surface area contributed by atoms with E-state index in [0.717, 1.165) is 12.8 Å². The number of nitrogens with zero attached hydrogens (tertiary/aromatic N) is 1.